The lowest BCUT2D eigenvalue weighted by Crippen LogP contribution is -2.25. The van der Waals surface area contributed by atoms with Gasteiger partial charge in [-0.2, -0.15) is 0 Å². The first-order valence-corrected chi connectivity index (χ1v) is 9.83. The molecular formula is C26H25NO2. The van der Waals surface area contributed by atoms with Gasteiger partial charge in [0.2, 0.25) is 0 Å². The van der Waals surface area contributed by atoms with Gasteiger partial charge in [-0.25, -0.2) is 0 Å². The fraction of sp³-hybridized carbons (Fsp3) is 0.154. The molecule has 3 heteroatoms. The summed E-state index contributed by atoms with van der Waals surface area (Å²) >= 11 is 0. The number of rotatable bonds is 6. The van der Waals surface area contributed by atoms with Crippen LogP contribution in [0.15, 0.2) is 91.0 Å². The van der Waals surface area contributed by atoms with E-state index in [1.165, 1.54) is 5.56 Å². The highest BCUT2D eigenvalue weighted by molar-refractivity contribution is 5.89. The van der Waals surface area contributed by atoms with Crippen molar-refractivity contribution in [2.24, 2.45) is 0 Å². The molecule has 0 aliphatic carbocycles. The maximum absolute atomic E-state index is 11.1. The lowest BCUT2D eigenvalue weighted by molar-refractivity contribution is 0.414. The van der Waals surface area contributed by atoms with E-state index in [4.69, 9.17) is 4.74 Å². The Labute approximate surface area is 171 Å². The van der Waals surface area contributed by atoms with Crippen LogP contribution >= 0.6 is 0 Å². The topological polar surface area (TPSA) is 41.5 Å². The normalized spacial score (nSPS) is 13.2. The van der Waals surface area contributed by atoms with E-state index in [0.717, 1.165) is 27.6 Å². The predicted octanol–water partition coefficient (Wildman–Crippen LogP) is 5.99. The number of phenolic OH excluding ortho intramolecular Hbond substituents is 1. The minimum Gasteiger partial charge on any atom is -0.507 e. The zero-order valence-electron chi connectivity index (χ0n) is 16.7. The first-order chi connectivity index (χ1) is 14.2. The second-order valence-corrected chi connectivity index (χ2v) is 7.23. The summed E-state index contributed by atoms with van der Waals surface area (Å²) in [6.07, 6.45) is 0. The fourth-order valence-corrected chi connectivity index (χ4v) is 3.75. The van der Waals surface area contributed by atoms with Crippen molar-refractivity contribution in [3.8, 4) is 11.5 Å². The van der Waals surface area contributed by atoms with Gasteiger partial charge in [-0.3, -0.25) is 5.32 Å². The maximum atomic E-state index is 11.1. The highest BCUT2D eigenvalue weighted by Crippen LogP contribution is 2.37. The van der Waals surface area contributed by atoms with Crippen LogP contribution in [0.4, 0.5) is 0 Å². The van der Waals surface area contributed by atoms with Crippen LogP contribution in [0.2, 0.25) is 0 Å². The van der Waals surface area contributed by atoms with Crippen LogP contribution in [0, 0.1) is 0 Å². The molecule has 0 aliphatic heterocycles. The van der Waals surface area contributed by atoms with Gasteiger partial charge in [-0.05, 0) is 35.6 Å². The molecule has 0 radical (unpaired) electrons. The lowest BCUT2D eigenvalue weighted by Gasteiger charge is -2.26. The van der Waals surface area contributed by atoms with Crippen LogP contribution in [-0.4, -0.2) is 12.2 Å². The number of ether oxygens (including phenoxy) is 1. The Morgan fingerprint density at radius 1 is 0.759 bits per heavy atom. The molecule has 0 amide bonds. The summed E-state index contributed by atoms with van der Waals surface area (Å²) in [6, 6.07) is 30.3. The van der Waals surface area contributed by atoms with Crippen molar-refractivity contribution in [1.29, 1.82) is 0 Å². The van der Waals surface area contributed by atoms with Crippen LogP contribution in [-0.2, 0) is 0 Å². The molecule has 29 heavy (non-hydrogen) atoms. The van der Waals surface area contributed by atoms with Gasteiger partial charge >= 0.3 is 0 Å². The fourth-order valence-electron chi connectivity index (χ4n) is 3.75. The third-order valence-electron chi connectivity index (χ3n) is 5.41. The molecule has 0 fully saturated rings. The summed E-state index contributed by atoms with van der Waals surface area (Å²) < 4.78 is 5.32. The molecule has 4 aromatic carbocycles. The van der Waals surface area contributed by atoms with Crippen molar-refractivity contribution in [3.63, 3.8) is 0 Å². The van der Waals surface area contributed by atoms with Crippen molar-refractivity contribution in [2.45, 2.75) is 19.0 Å². The smallest absolute Gasteiger partial charge is 0.128 e. The molecule has 0 aliphatic rings. The molecule has 0 bridgehead atoms. The molecule has 0 unspecified atom stereocenters. The average molecular weight is 383 g/mol. The number of benzene rings is 4. The molecule has 0 heterocycles. The lowest BCUT2D eigenvalue weighted by atomic mass is 9.93. The number of aromatic hydroxyl groups is 1. The van der Waals surface area contributed by atoms with Crippen molar-refractivity contribution in [2.75, 3.05) is 7.11 Å². The van der Waals surface area contributed by atoms with E-state index in [-0.39, 0.29) is 12.1 Å². The highest BCUT2D eigenvalue weighted by Gasteiger charge is 2.21. The van der Waals surface area contributed by atoms with Gasteiger partial charge in [0.1, 0.15) is 11.5 Å². The van der Waals surface area contributed by atoms with E-state index in [1.807, 2.05) is 72.8 Å². The molecule has 0 spiro atoms. The Morgan fingerprint density at radius 2 is 1.45 bits per heavy atom. The Kier molecular flexibility index (Phi) is 5.50. The van der Waals surface area contributed by atoms with E-state index in [1.54, 1.807) is 7.11 Å². The second-order valence-electron chi connectivity index (χ2n) is 7.23. The quantitative estimate of drug-likeness (QED) is 0.429. The SMILES string of the molecule is COc1ccc([C@@H](N[C@H](C)c2ccccc2)c2ccc3ccccc3c2O)cc1. The summed E-state index contributed by atoms with van der Waals surface area (Å²) in [7, 11) is 1.66. The Bertz CT molecular complexity index is 1090. The van der Waals surface area contributed by atoms with Crippen molar-refractivity contribution < 1.29 is 9.84 Å². The number of nitrogens with one attached hydrogen (secondary N) is 1. The van der Waals surface area contributed by atoms with Crippen LogP contribution in [0.1, 0.15) is 35.7 Å². The Balaban J connectivity index is 1.78. The minimum absolute atomic E-state index is 0.106. The largest absolute Gasteiger partial charge is 0.507 e. The molecule has 3 nitrogen and oxygen atoms in total. The molecule has 2 N–H and O–H groups in total. The zero-order chi connectivity index (χ0) is 20.2. The van der Waals surface area contributed by atoms with Crippen molar-refractivity contribution in [1.82, 2.24) is 5.32 Å². The number of fused-ring (bicyclic) bond motifs is 1. The van der Waals surface area contributed by atoms with Crippen molar-refractivity contribution in [3.05, 3.63) is 108 Å². The number of phenols is 1. The minimum atomic E-state index is -0.166. The van der Waals surface area contributed by atoms with Gasteiger partial charge in [0, 0.05) is 17.0 Å². The second kappa shape index (κ2) is 8.38. The number of hydrogen-bond acceptors (Lipinski definition) is 3. The first kappa shape index (κ1) is 19.0. The molecule has 146 valence electrons. The molecule has 0 saturated carbocycles. The van der Waals surface area contributed by atoms with E-state index < -0.39 is 0 Å². The van der Waals surface area contributed by atoms with E-state index in [9.17, 15) is 5.11 Å². The standard InChI is InChI=1S/C26H25NO2/c1-18(19-8-4-3-5-9-19)27-25(21-12-15-22(29-2)16-13-21)24-17-14-20-10-6-7-11-23(20)26(24)28/h3-18,25,27-28H,1-2H3/t18-,25-/m1/s1. The van der Waals surface area contributed by atoms with Gasteiger partial charge in [-0.1, -0.05) is 78.9 Å². The predicted molar refractivity (Wildman–Crippen MR) is 118 cm³/mol. The van der Waals surface area contributed by atoms with Crippen LogP contribution in [0.25, 0.3) is 10.8 Å². The Hall–Kier alpha value is -3.30. The van der Waals surface area contributed by atoms with E-state index >= 15 is 0 Å². The molecule has 0 saturated heterocycles. The zero-order valence-corrected chi connectivity index (χ0v) is 16.7. The summed E-state index contributed by atoms with van der Waals surface area (Å²) in [4.78, 5) is 0. The van der Waals surface area contributed by atoms with Crippen molar-refractivity contribution >= 4 is 10.8 Å². The summed E-state index contributed by atoms with van der Waals surface area (Å²) in [5.41, 5.74) is 3.13. The summed E-state index contributed by atoms with van der Waals surface area (Å²) in [6.45, 7) is 2.14. The average Bonchev–Trinajstić information content (AvgIpc) is 2.79. The number of hydrogen-bond donors (Lipinski definition) is 2. The third kappa shape index (κ3) is 3.96. The first-order valence-electron chi connectivity index (χ1n) is 9.83. The molecule has 4 aromatic rings. The molecular weight excluding hydrogens is 358 g/mol. The maximum Gasteiger partial charge on any atom is 0.128 e. The molecule has 4 rings (SSSR count). The van der Waals surface area contributed by atoms with E-state index in [2.05, 4.69) is 30.4 Å². The van der Waals surface area contributed by atoms with Crippen LogP contribution < -0.4 is 10.1 Å². The summed E-state index contributed by atoms with van der Waals surface area (Å²) in [5.74, 6) is 1.13. The van der Waals surface area contributed by atoms with Gasteiger partial charge in [0.15, 0.2) is 0 Å². The van der Waals surface area contributed by atoms with Gasteiger partial charge in [0.25, 0.3) is 0 Å². The Morgan fingerprint density at radius 3 is 2.17 bits per heavy atom. The molecule has 0 aromatic heterocycles. The van der Waals surface area contributed by atoms with Crippen LogP contribution in [0.3, 0.4) is 0 Å². The summed E-state index contributed by atoms with van der Waals surface area (Å²) in [5, 5.41) is 16.7. The van der Waals surface area contributed by atoms with Gasteiger partial charge in [0.05, 0.1) is 13.2 Å². The number of methoxy groups -OCH3 is 1. The van der Waals surface area contributed by atoms with E-state index in [0.29, 0.717) is 5.75 Å². The highest BCUT2D eigenvalue weighted by atomic mass is 16.5. The van der Waals surface area contributed by atoms with Crippen LogP contribution in [0.5, 0.6) is 11.5 Å². The molecule has 2 atom stereocenters. The monoisotopic (exact) mass is 383 g/mol. The van der Waals surface area contributed by atoms with Gasteiger partial charge in [-0.15, -0.1) is 0 Å². The third-order valence-corrected chi connectivity index (χ3v) is 5.41. The van der Waals surface area contributed by atoms with Gasteiger partial charge < -0.3 is 9.84 Å².